The van der Waals surface area contributed by atoms with Gasteiger partial charge in [-0.15, -0.1) is 0 Å². The quantitative estimate of drug-likeness (QED) is 0.859. The molecule has 4 nitrogen and oxygen atoms in total. The second-order valence-corrected chi connectivity index (χ2v) is 5.46. The molecule has 1 aromatic carbocycles. The number of anilines is 1. The smallest absolute Gasteiger partial charge is 0.191 e. The van der Waals surface area contributed by atoms with Crippen LogP contribution in [0.15, 0.2) is 34.9 Å². The summed E-state index contributed by atoms with van der Waals surface area (Å²) >= 11 is 0. The van der Waals surface area contributed by atoms with E-state index in [1.807, 2.05) is 6.92 Å². The lowest BCUT2D eigenvalue weighted by molar-refractivity contribution is 0.247. The Kier molecular flexibility index (Phi) is 3.74. The first-order valence-corrected chi connectivity index (χ1v) is 7.16. The van der Waals surface area contributed by atoms with Crippen LogP contribution in [-0.2, 0) is 6.54 Å². The van der Waals surface area contributed by atoms with Gasteiger partial charge in [0.2, 0.25) is 0 Å². The molecule has 0 atom stereocenters. The monoisotopic (exact) mass is 271 g/mol. The number of piperazine rings is 1. The van der Waals surface area contributed by atoms with Crippen LogP contribution in [0.25, 0.3) is 0 Å². The Balaban J connectivity index is 1.57. The molecule has 106 valence electrons. The number of oxazole rings is 1. The van der Waals surface area contributed by atoms with Crippen LogP contribution in [-0.4, -0.2) is 36.1 Å². The predicted molar refractivity (Wildman–Crippen MR) is 79.9 cm³/mol. The van der Waals surface area contributed by atoms with Crippen LogP contribution in [0.2, 0.25) is 0 Å². The third-order valence-corrected chi connectivity index (χ3v) is 3.79. The maximum Gasteiger partial charge on any atom is 0.191 e. The molecule has 0 saturated carbocycles. The van der Waals surface area contributed by atoms with Crippen molar-refractivity contribution >= 4 is 5.69 Å². The molecule has 1 aliphatic heterocycles. The lowest BCUT2D eigenvalue weighted by atomic mass is 10.2. The number of hydrogen-bond acceptors (Lipinski definition) is 4. The molecule has 0 unspecified atom stereocenters. The van der Waals surface area contributed by atoms with E-state index in [0.29, 0.717) is 0 Å². The highest BCUT2D eigenvalue weighted by atomic mass is 16.3. The van der Waals surface area contributed by atoms with E-state index in [9.17, 15) is 0 Å². The third-order valence-electron chi connectivity index (χ3n) is 3.79. The number of hydrogen-bond donors (Lipinski definition) is 0. The van der Waals surface area contributed by atoms with Crippen molar-refractivity contribution in [3.05, 3.63) is 47.7 Å². The van der Waals surface area contributed by atoms with Gasteiger partial charge in [-0.2, -0.15) is 0 Å². The molecule has 1 fully saturated rings. The van der Waals surface area contributed by atoms with E-state index >= 15 is 0 Å². The van der Waals surface area contributed by atoms with Crippen molar-refractivity contribution in [2.45, 2.75) is 20.4 Å². The van der Waals surface area contributed by atoms with E-state index in [1.54, 1.807) is 6.26 Å². The van der Waals surface area contributed by atoms with Gasteiger partial charge in [0.15, 0.2) is 5.89 Å². The normalized spacial score (nSPS) is 16.6. The zero-order chi connectivity index (χ0) is 13.9. The average molecular weight is 271 g/mol. The van der Waals surface area contributed by atoms with Crippen LogP contribution < -0.4 is 4.90 Å². The minimum atomic E-state index is 0.749. The predicted octanol–water partition coefficient (Wildman–Crippen LogP) is 2.61. The summed E-state index contributed by atoms with van der Waals surface area (Å²) in [4.78, 5) is 9.26. The van der Waals surface area contributed by atoms with E-state index in [2.05, 4.69) is 46.0 Å². The molecule has 0 bridgehead atoms. The molecule has 2 aromatic rings. The van der Waals surface area contributed by atoms with Crippen LogP contribution in [0.1, 0.15) is 17.1 Å². The van der Waals surface area contributed by atoms with Gasteiger partial charge in [-0.1, -0.05) is 12.1 Å². The number of benzene rings is 1. The van der Waals surface area contributed by atoms with Crippen molar-refractivity contribution < 1.29 is 4.42 Å². The third kappa shape index (κ3) is 3.02. The van der Waals surface area contributed by atoms with Gasteiger partial charge < -0.3 is 9.32 Å². The average Bonchev–Trinajstić information content (AvgIpc) is 2.85. The largest absolute Gasteiger partial charge is 0.449 e. The van der Waals surface area contributed by atoms with Crippen LogP contribution in [0.3, 0.4) is 0 Å². The van der Waals surface area contributed by atoms with E-state index < -0.39 is 0 Å². The zero-order valence-corrected chi connectivity index (χ0v) is 12.2. The first-order chi connectivity index (χ1) is 9.70. The first-order valence-electron chi connectivity index (χ1n) is 7.16. The van der Waals surface area contributed by atoms with Gasteiger partial charge in [-0.25, -0.2) is 4.98 Å². The second-order valence-electron chi connectivity index (χ2n) is 5.46. The molecule has 0 amide bonds. The fourth-order valence-corrected chi connectivity index (χ4v) is 2.70. The minimum Gasteiger partial charge on any atom is -0.449 e. The Morgan fingerprint density at radius 3 is 2.60 bits per heavy atom. The van der Waals surface area contributed by atoms with Gasteiger partial charge >= 0.3 is 0 Å². The highest BCUT2D eigenvalue weighted by Crippen LogP contribution is 2.18. The molecular formula is C16H21N3O. The first kappa shape index (κ1) is 13.2. The molecule has 0 radical (unpaired) electrons. The van der Waals surface area contributed by atoms with Gasteiger partial charge in [0, 0.05) is 45.3 Å². The highest BCUT2D eigenvalue weighted by Gasteiger charge is 2.18. The highest BCUT2D eigenvalue weighted by molar-refractivity contribution is 5.48. The summed E-state index contributed by atoms with van der Waals surface area (Å²) in [7, 11) is 0. The van der Waals surface area contributed by atoms with Crippen molar-refractivity contribution in [2.75, 3.05) is 31.1 Å². The van der Waals surface area contributed by atoms with Crippen LogP contribution in [0.5, 0.6) is 0 Å². The summed E-state index contributed by atoms with van der Waals surface area (Å²) < 4.78 is 5.26. The van der Waals surface area contributed by atoms with Crippen LogP contribution in [0, 0.1) is 13.8 Å². The van der Waals surface area contributed by atoms with E-state index in [-0.39, 0.29) is 0 Å². The second kappa shape index (κ2) is 5.67. The molecule has 1 aliphatic rings. The van der Waals surface area contributed by atoms with E-state index in [1.165, 1.54) is 11.3 Å². The standard InChI is InChI=1S/C16H21N3O/c1-13-4-3-5-16(10-13)19-8-6-18(7-9-19)11-15-12-20-14(2)17-15/h3-5,10,12H,6-9,11H2,1-2H3. The summed E-state index contributed by atoms with van der Waals surface area (Å²) in [6.07, 6.45) is 1.77. The van der Waals surface area contributed by atoms with Gasteiger partial charge in [-0.3, -0.25) is 4.90 Å². The lowest BCUT2D eigenvalue weighted by Crippen LogP contribution is -2.46. The topological polar surface area (TPSA) is 32.5 Å². The Hall–Kier alpha value is -1.81. The van der Waals surface area contributed by atoms with Gasteiger partial charge in [-0.05, 0) is 24.6 Å². The van der Waals surface area contributed by atoms with Crippen molar-refractivity contribution in [1.29, 1.82) is 0 Å². The number of aryl methyl sites for hydroxylation is 2. The van der Waals surface area contributed by atoms with Crippen LogP contribution >= 0.6 is 0 Å². The molecule has 1 aromatic heterocycles. The maximum absolute atomic E-state index is 5.26. The lowest BCUT2D eigenvalue weighted by Gasteiger charge is -2.35. The summed E-state index contributed by atoms with van der Waals surface area (Å²) in [5, 5.41) is 0. The molecule has 0 spiro atoms. The number of rotatable bonds is 3. The summed E-state index contributed by atoms with van der Waals surface area (Å²) in [6, 6.07) is 8.74. The summed E-state index contributed by atoms with van der Waals surface area (Å²) in [5.41, 5.74) is 3.69. The molecule has 4 heteroatoms. The Labute approximate surface area is 120 Å². The summed E-state index contributed by atoms with van der Waals surface area (Å²) in [5.74, 6) is 0.749. The van der Waals surface area contributed by atoms with Gasteiger partial charge in [0.25, 0.3) is 0 Å². The SMILES string of the molecule is Cc1cccc(N2CCN(Cc3coc(C)n3)CC2)c1. The summed E-state index contributed by atoms with van der Waals surface area (Å²) in [6.45, 7) is 9.20. The molecule has 0 aliphatic carbocycles. The van der Waals surface area contributed by atoms with Crippen molar-refractivity contribution in [3.8, 4) is 0 Å². The van der Waals surface area contributed by atoms with Crippen molar-refractivity contribution in [2.24, 2.45) is 0 Å². The molecule has 1 saturated heterocycles. The fourth-order valence-electron chi connectivity index (χ4n) is 2.70. The van der Waals surface area contributed by atoms with E-state index in [4.69, 9.17) is 4.42 Å². The Morgan fingerprint density at radius 2 is 1.95 bits per heavy atom. The molecule has 0 N–H and O–H groups in total. The molecular weight excluding hydrogens is 250 g/mol. The van der Waals surface area contributed by atoms with Gasteiger partial charge in [0.1, 0.15) is 6.26 Å². The Morgan fingerprint density at radius 1 is 1.15 bits per heavy atom. The van der Waals surface area contributed by atoms with Crippen molar-refractivity contribution in [3.63, 3.8) is 0 Å². The minimum absolute atomic E-state index is 0.749. The molecule has 20 heavy (non-hydrogen) atoms. The van der Waals surface area contributed by atoms with E-state index in [0.717, 1.165) is 44.3 Å². The van der Waals surface area contributed by atoms with Crippen molar-refractivity contribution in [1.82, 2.24) is 9.88 Å². The van der Waals surface area contributed by atoms with Gasteiger partial charge in [0.05, 0.1) is 5.69 Å². The fraction of sp³-hybridized carbons (Fsp3) is 0.438. The number of aromatic nitrogens is 1. The molecule has 2 heterocycles. The Bertz CT molecular complexity index is 571. The maximum atomic E-state index is 5.26. The van der Waals surface area contributed by atoms with Crippen LogP contribution in [0.4, 0.5) is 5.69 Å². The molecule has 3 rings (SSSR count). The zero-order valence-electron chi connectivity index (χ0n) is 12.2. The number of nitrogens with zero attached hydrogens (tertiary/aromatic N) is 3.